The Morgan fingerprint density at radius 3 is 0.804 bits per heavy atom. The van der Waals surface area contributed by atoms with Crippen molar-refractivity contribution in [3.8, 4) is 146 Å². The van der Waals surface area contributed by atoms with Crippen LogP contribution in [0.1, 0.15) is 11.1 Å². The summed E-state index contributed by atoms with van der Waals surface area (Å²) in [6.07, 6.45) is 11.7. The normalized spacial score (nSPS) is 9.76. The molecule has 14 heteroatoms. The summed E-state index contributed by atoms with van der Waals surface area (Å²) < 4.78 is 0. The fraction of sp³-hybridized carbons (Fsp3) is 0.00746. The average Bonchev–Trinajstić information content (AvgIpc) is 1.63. The van der Waals surface area contributed by atoms with E-state index >= 15 is 0 Å². The van der Waals surface area contributed by atoms with E-state index in [4.69, 9.17) is 0 Å². The summed E-state index contributed by atoms with van der Waals surface area (Å²) in [7, 11) is 0. The molecule has 7 heterocycles. The van der Waals surface area contributed by atoms with Gasteiger partial charge in [0, 0.05) is 213 Å². The van der Waals surface area contributed by atoms with E-state index in [1.165, 1.54) is 22.3 Å². The molecule has 25 rings (SSSR count). The Kier molecular flexibility index (Phi) is 53.7. The second kappa shape index (κ2) is 67.0. The van der Waals surface area contributed by atoms with Gasteiger partial charge in [-0.3, -0.25) is 21.6 Å². The van der Waals surface area contributed by atoms with Crippen LogP contribution in [0.5, 0.6) is 0 Å². The van der Waals surface area contributed by atoms with Crippen molar-refractivity contribution < 1.29 is 171 Å². The Morgan fingerprint density at radius 1 is 0.196 bits per heavy atom. The molecule has 0 spiro atoms. The first-order chi connectivity index (χ1) is 70.0. The number of fused-ring (bicyclic) bond motifs is 4. The molecule has 0 aliphatic heterocycles. The maximum atomic E-state index is 4.52. The van der Waals surface area contributed by atoms with E-state index in [1.807, 2.05) is 425 Å². The van der Waals surface area contributed by atoms with Crippen molar-refractivity contribution in [1.82, 2.24) is 34.9 Å². The molecule has 1 aliphatic carbocycles. The molecule has 734 valence electrons. The molecule has 0 atom stereocenters. The third-order valence-electron chi connectivity index (χ3n) is 21.5. The Morgan fingerprint density at radius 2 is 0.486 bits per heavy atom. The maximum Gasteiger partial charge on any atom is 0.0483 e. The molecule has 0 saturated heterocycles. The molecule has 17 aromatic carbocycles. The van der Waals surface area contributed by atoms with Crippen LogP contribution in [-0.4, -0.2) is 24.9 Å². The number of para-hydroxylation sites is 1. The standard InChI is InChI=1S/C19H12.2C18H10.C13H9N2.2C12H8.3C11H8N.C9H7N2.5Pt.2Y/c1-2-6-14(7-3-1)15-10-11-19-17(12-15)13-16-8-4-5-9-18(16)19;1-3-9-15(10-4-1)17-13-7-8-14-18(17)16-11-5-2-6-12-16;1-3-8-15(9-4-1)17-12-7-13-18(14-17)16-10-5-2-6-11-16;1-2-6-11-10(5-1)9-13(15-11)12-7-3-4-8-14-12;2*1-3-7-11(8-4-1)12-9-5-2-6-10-12;3*1-2-6-10(7-3-1)11-8-4-5-9-12-11;1-2-6-10-8(4-1)9-5-3-7-11-9;;;;;;;/h1-6,8-9,11-12H,13H2;1-9,11H;1-8,10,14H;1-9H;2*1-7,9H;3*1-6,8-9H;1-7H;;;;;;;/q-2;2*-4;-1;2*-2;4*-1;;;;;;;. The predicted octanol–water partition coefficient (Wildman–Crippen LogP) is 31.1. The smallest absolute Gasteiger partial charge is 0.0483 e. The molecular weight excluding hydrogens is 2860 g/mol. The van der Waals surface area contributed by atoms with E-state index in [1.54, 1.807) is 37.2 Å². The quantitative estimate of drug-likeness (QED) is 0.113. The van der Waals surface area contributed by atoms with Gasteiger partial charge < -0.3 is 54.2 Å². The van der Waals surface area contributed by atoms with Crippen molar-refractivity contribution in [2.24, 2.45) is 0 Å². The van der Waals surface area contributed by atoms with Gasteiger partial charge in [-0.1, -0.05) is 126 Å². The fourth-order valence-electron chi connectivity index (χ4n) is 14.7. The third-order valence-corrected chi connectivity index (χ3v) is 21.5. The van der Waals surface area contributed by atoms with Crippen molar-refractivity contribution in [3.05, 3.63) is 637 Å². The number of nitrogens with zero attached hydrogens (tertiary/aromatic N) is 7. The molecule has 0 saturated carbocycles. The number of aromatic nitrogens is 7. The molecule has 7 nitrogen and oxygen atoms in total. The molecule has 2 radical (unpaired) electrons. The fourth-order valence-corrected chi connectivity index (χ4v) is 14.7. The van der Waals surface area contributed by atoms with Gasteiger partial charge in [-0.25, -0.2) is 92.0 Å². The number of pyridine rings is 5. The van der Waals surface area contributed by atoms with Crippen LogP contribution in [0.4, 0.5) is 0 Å². The molecule has 0 fully saturated rings. The molecule has 1 aliphatic rings. The van der Waals surface area contributed by atoms with Crippen molar-refractivity contribution >= 4 is 10.9 Å². The second-order valence-corrected chi connectivity index (χ2v) is 31.0. The van der Waals surface area contributed by atoms with Crippen LogP contribution in [0, 0.1) is 103 Å². The minimum atomic E-state index is 0. The Hall–Kier alpha value is -13.0. The van der Waals surface area contributed by atoms with Crippen LogP contribution in [0.2, 0.25) is 0 Å². The molecule has 24 aromatic rings. The number of hydrogen-bond acceptors (Lipinski definition) is 5. The molecule has 0 amide bonds. The summed E-state index contributed by atoms with van der Waals surface area (Å²) in [5, 5.41) is 1.16. The first-order valence-corrected chi connectivity index (χ1v) is 45.8. The van der Waals surface area contributed by atoms with Gasteiger partial charge in [0.15, 0.2) is 0 Å². The van der Waals surface area contributed by atoms with E-state index in [-0.39, 0.29) is 171 Å². The molecule has 0 bridgehead atoms. The molecule has 0 N–H and O–H groups in total. The zero-order valence-corrected chi connectivity index (χ0v) is 96.8. The van der Waals surface area contributed by atoms with Gasteiger partial charge in [0.2, 0.25) is 0 Å². The van der Waals surface area contributed by atoms with Crippen LogP contribution in [-0.2, 0) is 177 Å². The van der Waals surface area contributed by atoms with E-state index in [9.17, 15) is 0 Å². The summed E-state index contributed by atoms with van der Waals surface area (Å²) in [5.74, 6) is 0. The third kappa shape index (κ3) is 37.1. The van der Waals surface area contributed by atoms with Crippen molar-refractivity contribution in [1.29, 1.82) is 0 Å². The van der Waals surface area contributed by atoms with E-state index < -0.39 is 0 Å². The van der Waals surface area contributed by atoms with Crippen LogP contribution >= 0.6 is 0 Å². The Labute approximate surface area is 993 Å². The van der Waals surface area contributed by atoms with Gasteiger partial charge >= 0.3 is 0 Å². The predicted molar refractivity (Wildman–Crippen MR) is 571 cm³/mol. The van der Waals surface area contributed by atoms with Gasteiger partial charge in [0.05, 0.1) is 0 Å². The van der Waals surface area contributed by atoms with Crippen molar-refractivity contribution in [2.45, 2.75) is 6.42 Å². The van der Waals surface area contributed by atoms with Gasteiger partial charge in [-0.05, 0) is 76.9 Å². The summed E-state index contributed by atoms with van der Waals surface area (Å²) in [4.78, 5) is 29.7. The topological polar surface area (TPSA) is 92.6 Å². The molecule has 148 heavy (non-hydrogen) atoms. The van der Waals surface area contributed by atoms with Crippen LogP contribution < -0.4 is 9.97 Å². The second-order valence-electron chi connectivity index (χ2n) is 31.0. The van der Waals surface area contributed by atoms with E-state index in [0.717, 1.165) is 152 Å². The first kappa shape index (κ1) is 119. The summed E-state index contributed by atoms with van der Waals surface area (Å²) in [6.45, 7) is 0. The van der Waals surface area contributed by atoms with Crippen molar-refractivity contribution in [2.75, 3.05) is 0 Å². The van der Waals surface area contributed by atoms with Gasteiger partial charge in [0.25, 0.3) is 0 Å². The zero-order chi connectivity index (χ0) is 95.8. The maximum absolute atomic E-state index is 4.52. The zero-order valence-electron chi connectivity index (χ0n) is 79.7. The average molecular weight is 2950 g/mol. The van der Waals surface area contributed by atoms with Gasteiger partial charge in [-0.2, -0.15) is 206 Å². The molecule has 7 aromatic heterocycles. The van der Waals surface area contributed by atoms with Crippen LogP contribution in [0.3, 0.4) is 0 Å². The van der Waals surface area contributed by atoms with Gasteiger partial charge in [-0.15, -0.1) is 215 Å². The van der Waals surface area contributed by atoms with E-state index in [2.05, 4.69) is 199 Å². The number of hydrogen-bond donors (Lipinski definition) is 0. The SMILES string of the molecule is [Pt].[Pt].[Pt].[Pt].[Pt].[Y].[Y].[c-]1ccccc1-c1[c-]c[c-]c(-c2[c-]cccc2)c1.[c-]1ccccc1-c1[c-]cc2c(c1)Cc1ccccc1-2.[c-]1ccccc1-c1[c-]cc[c-]c1-c1[c-]cccc1.[c-]1ccccc1-c1[c-]cccc1.[c-]1ccccc1-c1[c-]cccc1.[c-]1ccccc1-c1ccccn1.[c-]1ccccc1-c1ccccn1.[c-]1ccccc1-c1ccccn1.c1ccc(-c2cc3ccccc3[n-]2)nc1.c1ccc(-c2ccc[n-]2)nc1. The number of benzene rings is 17. The number of rotatable bonds is 12. The van der Waals surface area contributed by atoms with Gasteiger partial charge in [0.1, 0.15) is 0 Å². The minimum absolute atomic E-state index is 0. The Balaban J connectivity index is 0.000000183. The Bertz CT molecular complexity index is 6890. The minimum Gasteiger partial charge on any atom is -0.662 e. The van der Waals surface area contributed by atoms with E-state index in [0.29, 0.717) is 0 Å². The summed E-state index contributed by atoms with van der Waals surface area (Å²) in [5.41, 5.74) is 31.1. The van der Waals surface area contributed by atoms with Crippen LogP contribution in [0.15, 0.2) is 522 Å². The molecular formula is C134H88N7Pt5Y2-19. The summed E-state index contributed by atoms with van der Waals surface area (Å²) in [6, 6.07) is 213. The van der Waals surface area contributed by atoms with Crippen LogP contribution in [0.25, 0.3) is 156 Å². The largest absolute Gasteiger partial charge is 0.662 e. The first-order valence-electron chi connectivity index (χ1n) is 45.8. The van der Waals surface area contributed by atoms with Crippen molar-refractivity contribution in [3.63, 3.8) is 0 Å². The monoisotopic (exact) mass is 2950 g/mol. The summed E-state index contributed by atoms with van der Waals surface area (Å²) >= 11 is 0. The molecule has 0 unspecified atom stereocenters.